The number of carbonyl (C=O) groups excluding carboxylic acids is 2. The minimum absolute atomic E-state index is 0.0604. The lowest BCUT2D eigenvalue weighted by molar-refractivity contribution is -0.142. The molecule has 142 valence electrons. The first-order chi connectivity index (χ1) is 13.2. The van der Waals surface area contributed by atoms with Crippen LogP contribution in [-0.4, -0.2) is 24.6 Å². The molecule has 0 unspecified atom stereocenters. The van der Waals surface area contributed by atoms with E-state index in [-0.39, 0.29) is 18.6 Å². The molecular formula is C22H25NO4. The fourth-order valence-corrected chi connectivity index (χ4v) is 3.16. The van der Waals surface area contributed by atoms with Crippen LogP contribution >= 0.6 is 0 Å². The lowest BCUT2D eigenvalue weighted by atomic mass is 9.98. The summed E-state index contributed by atoms with van der Waals surface area (Å²) in [6.45, 7) is 0.383. The van der Waals surface area contributed by atoms with Gasteiger partial charge in [0.2, 0.25) is 0 Å². The summed E-state index contributed by atoms with van der Waals surface area (Å²) in [5, 5.41) is 2.86. The molecule has 2 aromatic rings. The van der Waals surface area contributed by atoms with Crippen molar-refractivity contribution in [3.05, 3.63) is 65.7 Å². The molecule has 0 saturated heterocycles. The van der Waals surface area contributed by atoms with E-state index in [4.69, 9.17) is 9.47 Å². The van der Waals surface area contributed by atoms with Crippen LogP contribution in [0.5, 0.6) is 5.75 Å². The SMILES string of the molecule is O=C(COC1CCCCC1)Oc1cccc(C(=O)NCc2ccccc2)c1. The summed E-state index contributed by atoms with van der Waals surface area (Å²) in [6.07, 6.45) is 5.71. The Kier molecular flexibility index (Phi) is 6.99. The minimum Gasteiger partial charge on any atom is -0.425 e. The Balaban J connectivity index is 1.48. The molecular weight excluding hydrogens is 342 g/mol. The molecule has 1 aliphatic carbocycles. The molecule has 2 aromatic carbocycles. The van der Waals surface area contributed by atoms with E-state index in [9.17, 15) is 9.59 Å². The van der Waals surface area contributed by atoms with Crippen LogP contribution in [0, 0.1) is 0 Å². The lowest BCUT2D eigenvalue weighted by Gasteiger charge is -2.21. The Morgan fingerprint density at radius 3 is 2.52 bits per heavy atom. The topological polar surface area (TPSA) is 64.6 Å². The van der Waals surface area contributed by atoms with Crippen LogP contribution in [0.1, 0.15) is 48.0 Å². The van der Waals surface area contributed by atoms with Gasteiger partial charge in [-0.05, 0) is 36.6 Å². The summed E-state index contributed by atoms with van der Waals surface area (Å²) in [6, 6.07) is 16.3. The molecule has 0 atom stereocenters. The summed E-state index contributed by atoms with van der Waals surface area (Å²) in [5.41, 5.74) is 1.47. The van der Waals surface area contributed by atoms with E-state index in [0.717, 1.165) is 31.2 Å². The number of hydrogen-bond acceptors (Lipinski definition) is 4. The Morgan fingerprint density at radius 1 is 0.963 bits per heavy atom. The quantitative estimate of drug-likeness (QED) is 0.596. The molecule has 0 radical (unpaired) electrons. The average molecular weight is 367 g/mol. The summed E-state index contributed by atoms with van der Waals surface area (Å²) in [5.74, 6) is -0.308. The van der Waals surface area contributed by atoms with E-state index >= 15 is 0 Å². The number of hydrogen-bond donors (Lipinski definition) is 1. The van der Waals surface area contributed by atoms with Gasteiger partial charge in [-0.2, -0.15) is 0 Å². The second kappa shape index (κ2) is 9.88. The second-order valence-corrected chi connectivity index (χ2v) is 6.74. The smallest absolute Gasteiger partial charge is 0.337 e. The Labute approximate surface area is 159 Å². The molecule has 27 heavy (non-hydrogen) atoms. The maximum Gasteiger partial charge on any atom is 0.337 e. The summed E-state index contributed by atoms with van der Waals surface area (Å²) >= 11 is 0. The minimum atomic E-state index is -0.442. The first-order valence-electron chi connectivity index (χ1n) is 9.45. The number of benzene rings is 2. The van der Waals surface area contributed by atoms with Crippen LogP contribution in [0.2, 0.25) is 0 Å². The third kappa shape index (κ3) is 6.22. The largest absolute Gasteiger partial charge is 0.425 e. The van der Waals surface area contributed by atoms with E-state index < -0.39 is 5.97 Å². The first kappa shape index (κ1) is 19.1. The highest BCUT2D eigenvalue weighted by molar-refractivity contribution is 5.94. The van der Waals surface area contributed by atoms with Crippen molar-refractivity contribution in [3.8, 4) is 5.75 Å². The van der Waals surface area contributed by atoms with E-state index in [1.54, 1.807) is 24.3 Å². The average Bonchev–Trinajstić information content (AvgIpc) is 2.72. The van der Waals surface area contributed by atoms with Gasteiger partial charge in [-0.3, -0.25) is 4.79 Å². The van der Waals surface area contributed by atoms with E-state index in [2.05, 4.69) is 5.32 Å². The molecule has 0 bridgehead atoms. The number of esters is 1. The number of ether oxygens (including phenoxy) is 2. The number of carbonyl (C=O) groups is 2. The summed E-state index contributed by atoms with van der Waals surface area (Å²) in [7, 11) is 0. The fourth-order valence-electron chi connectivity index (χ4n) is 3.16. The van der Waals surface area contributed by atoms with Gasteiger partial charge < -0.3 is 14.8 Å². The van der Waals surface area contributed by atoms with Gasteiger partial charge in [0.15, 0.2) is 0 Å². The lowest BCUT2D eigenvalue weighted by Crippen LogP contribution is -2.24. The predicted molar refractivity (Wildman–Crippen MR) is 103 cm³/mol. The van der Waals surface area contributed by atoms with Crippen LogP contribution in [0.15, 0.2) is 54.6 Å². The van der Waals surface area contributed by atoms with Gasteiger partial charge in [0, 0.05) is 12.1 Å². The van der Waals surface area contributed by atoms with Crippen molar-refractivity contribution in [2.45, 2.75) is 44.8 Å². The van der Waals surface area contributed by atoms with Crippen LogP contribution in [-0.2, 0) is 16.1 Å². The zero-order chi connectivity index (χ0) is 18.9. The monoisotopic (exact) mass is 367 g/mol. The third-order valence-corrected chi connectivity index (χ3v) is 4.61. The zero-order valence-corrected chi connectivity index (χ0v) is 15.4. The van der Waals surface area contributed by atoms with Crippen molar-refractivity contribution in [2.75, 3.05) is 6.61 Å². The molecule has 1 N–H and O–H groups in total. The van der Waals surface area contributed by atoms with Crippen LogP contribution in [0.4, 0.5) is 0 Å². The Bertz CT molecular complexity index is 754. The molecule has 3 rings (SSSR count). The molecule has 0 aliphatic heterocycles. The van der Waals surface area contributed by atoms with Crippen molar-refractivity contribution in [2.24, 2.45) is 0 Å². The molecule has 5 heteroatoms. The van der Waals surface area contributed by atoms with Crippen molar-refractivity contribution in [3.63, 3.8) is 0 Å². The van der Waals surface area contributed by atoms with Gasteiger partial charge in [-0.25, -0.2) is 4.79 Å². The molecule has 0 heterocycles. The van der Waals surface area contributed by atoms with Gasteiger partial charge in [-0.1, -0.05) is 55.7 Å². The van der Waals surface area contributed by atoms with Gasteiger partial charge in [0.05, 0.1) is 6.10 Å². The molecule has 1 fully saturated rings. The van der Waals surface area contributed by atoms with Crippen LogP contribution < -0.4 is 10.1 Å². The van der Waals surface area contributed by atoms with E-state index in [0.29, 0.717) is 17.9 Å². The third-order valence-electron chi connectivity index (χ3n) is 4.61. The first-order valence-corrected chi connectivity index (χ1v) is 9.45. The zero-order valence-electron chi connectivity index (χ0n) is 15.4. The number of amides is 1. The summed E-state index contributed by atoms with van der Waals surface area (Å²) in [4.78, 5) is 24.3. The standard InChI is InChI=1S/C22H25NO4/c24-21(16-26-19-11-5-2-6-12-19)27-20-13-7-10-18(14-20)22(25)23-15-17-8-3-1-4-9-17/h1,3-4,7-10,13-14,19H,2,5-6,11-12,15-16H2,(H,23,25). The Morgan fingerprint density at radius 2 is 1.74 bits per heavy atom. The molecule has 5 nitrogen and oxygen atoms in total. The fraction of sp³-hybridized carbons (Fsp3) is 0.364. The van der Waals surface area contributed by atoms with Gasteiger partial charge >= 0.3 is 5.97 Å². The number of rotatable bonds is 7. The van der Waals surface area contributed by atoms with Crippen molar-refractivity contribution in [1.82, 2.24) is 5.32 Å². The Hall–Kier alpha value is -2.66. The normalized spacial score (nSPS) is 14.5. The number of nitrogens with one attached hydrogen (secondary N) is 1. The van der Waals surface area contributed by atoms with Gasteiger partial charge in [-0.15, -0.1) is 0 Å². The molecule has 0 spiro atoms. The highest BCUT2D eigenvalue weighted by Gasteiger charge is 2.16. The van der Waals surface area contributed by atoms with Crippen LogP contribution in [0.3, 0.4) is 0 Å². The predicted octanol–water partition coefficient (Wildman–Crippen LogP) is 3.87. The highest BCUT2D eigenvalue weighted by atomic mass is 16.6. The van der Waals surface area contributed by atoms with Gasteiger partial charge in [0.1, 0.15) is 12.4 Å². The van der Waals surface area contributed by atoms with Crippen molar-refractivity contribution in [1.29, 1.82) is 0 Å². The van der Waals surface area contributed by atoms with Crippen molar-refractivity contribution < 1.29 is 19.1 Å². The second-order valence-electron chi connectivity index (χ2n) is 6.74. The molecule has 0 aromatic heterocycles. The highest BCUT2D eigenvalue weighted by Crippen LogP contribution is 2.20. The van der Waals surface area contributed by atoms with Crippen molar-refractivity contribution >= 4 is 11.9 Å². The maximum absolute atomic E-state index is 12.3. The molecule has 1 saturated carbocycles. The summed E-state index contributed by atoms with van der Waals surface area (Å²) < 4.78 is 10.9. The van der Waals surface area contributed by atoms with Crippen LogP contribution in [0.25, 0.3) is 0 Å². The van der Waals surface area contributed by atoms with E-state index in [1.165, 1.54) is 6.42 Å². The van der Waals surface area contributed by atoms with Gasteiger partial charge in [0.25, 0.3) is 5.91 Å². The molecule has 1 amide bonds. The van der Waals surface area contributed by atoms with E-state index in [1.807, 2.05) is 30.3 Å². The molecule has 1 aliphatic rings. The maximum atomic E-state index is 12.3.